The molecule has 6 heteroatoms. The largest absolute Gasteiger partial charge is 0.435 e. The molecule has 1 fully saturated rings. The molecule has 0 bridgehead atoms. The second kappa shape index (κ2) is 4.68. The van der Waals surface area contributed by atoms with Crippen LogP contribution in [0.4, 0.5) is 13.2 Å². The van der Waals surface area contributed by atoms with Gasteiger partial charge in [0.1, 0.15) is 5.82 Å². The van der Waals surface area contributed by atoms with Crippen molar-refractivity contribution in [2.45, 2.75) is 32.4 Å². The van der Waals surface area contributed by atoms with E-state index in [2.05, 4.69) is 15.3 Å². The number of piperidine rings is 1. The predicted octanol–water partition coefficient (Wildman–Crippen LogP) is 2.28. The van der Waals surface area contributed by atoms with Gasteiger partial charge < -0.3 is 10.3 Å². The number of halogens is 3. The van der Waals surface area contributed by atoms with Gasteiger partial charge in [0.25, 0.3) is 0 Å². The van der Waals surface area contributed by atoms with Crippen LogP contribution in [0.15, 0.2) is 0 Å². The van der Waals surface area contributed by atoms with Crippen molar-refractivity contribution >= 4 is 0 Å². The third kappa shape index (κ3) is 3.00. The minimum atomic E-state index is -4.36. The monoisotopic (exact) mass is 247 g/mol. The lowest BCUT2D eigenvalue weighted by atomic mass is 9.96. The Labute approximate surface area is 97.8 Å². The van der Waals surface area contributed by atoms with Crippen LogP contribution in [0.5, 0.6) is 0 Å². The van der Waals surface area contributed by atoms with Crippen LogP contribution in [-0.4, -0.2) is 23.1 Å². The lowest BCUT2D eigenvalue weighted by Gasteiger charge is -2.21. The molecule has 17 heavy (non-hydrogen) atoms. The third-order valence-electron chi connectivity index (χ3n) is 3.08. The van der Waals surface area contributed by atoms with E-state index < -0.39 is 11.9 Å². The lowest BCUT2D eigenvalue weighted by molar-refractivity contribution is -0.141. The number of nitrogens with zero attached hydrogens (tertiary/aromatic N) is 1. The van der Waals surface area contributed by atoms with E-state index in [4.69, 9.17) is 0 Å². The van der Waals surface area contributed by atoms with Crippen LogP contribution in [0, 0.1) is 12.8 Å². The van der Waals surface area contributed by atoms with E-state index in [0.717, 1.165) is 25.9 Å². The number of alkyl halides is 3. The molecule has 0 spiro atoms. The van der Waals surface area contributed by atoms with Crippen LogP contribution >= 0.6 is 0 Å². The zero-order chi connectivity index (χ0) is 12.5. The van der Waals surface area contributed by atoms with Crippen molar-refractivity contribution in [3.05, 3.63) is 17.2 Å². The van der Waals surface area contributed by atoms with Crippen molar-refractivity contribution in [2.75, 3.05) is 13.1 Å². The first-order chi connectivity index (χ1) is 7.97. The number of aromatic nitrogens is 2. The number of rotatable bonds is 2. The number of nitrogens with one attached hydrogen (secondary N) is 2. The smallest absolute Gasteiger partial charge is 0.346 e. The SMILES string of the molecule is Cc1[nH]c(CC2CCCNC2)nc1C(F)(F)F. The quantitative estimate of drug-likeness (QED) is 0.841. The summed E-state index contributed by atoms with van der Waals surface area (Å²) < 4.78 is 37.6. The van der Waals surface area contributed by atoms with Crippen LogP contribution in [0.3, 0.4) is 0 Å². The predicted molar refractivity (Wildman–Crippen MR) is 57.6 cm³/mol. The fourth-order valence-corrected chi connectivity index (χ4v) is 2.27. The van der Waals surface area contributed by atoms with E-state index in [1.54, 1.807) is 0 Å². The van der Waals surface area contributed by atoms with Crippen LogP contribution in [0.1, 0.15) is 30.1 Å². The van der Waals surface area contributed by atoms with Gasteiger partial charge in [-0.1, -0.05) is 0 Å². The minimum Gasteiger partial charge on any atom is -0.346 e. The highest BCUT2D eigenvalue weighted by atomic mass is 19.4. The number of hydrogen-bond acceptors (Lipinski definition) is 2. The van der Waals surface area contributed by atoms with Crippen LogP contribution in [0.25, 0.3) is 0 Å². The van der Waals surface area contributed by atoms with Gasteiger partial charge in [-0.15, -0.1) is 0 Å². The Hall–Kier alpha value is -1.04. The Kier molecular flexibility index (Phi) is 3.42. The molecule has 0 radical (unpaired) electrons. The van der Waals surface area contributed by atoms with E-state index in [-0.39, 0.29) is 5.69 Å². The molecule has 1 aliphatic rings. The molecule has 0 aliphatic carbocycles. The molecule has 1 atom stereocenters. The topological polar surface area (TPSA) is 40.7 Å². The first kappa shape index (κ1) is 12.4. The molecule has 2 N–H and O–H groups in total. The molecule has 2 rings (SSSR count). The number of imidazole rings is 1. The molecule has 1 aromatic heterocycles. The van der Waals surface area contributed by atoms with Gasteiger partial charge in [0, 0.05) is 12.1 Å². The van der Waals surface area contributed by atoms with Gasteiger partial charge in [0.05, 0.1) is 0 Å². The fourth-order valence-electron chi connectivity index (χ4n) is 2.27. The van der Waals surface area contributed by atoms with Gasteiger partial charge in [0.15, 0.2) is 5.69 Å². The number of aryl methyl sites for hydroxylation is 1. The van der Waals surface area contributed by atoms with Gasteiger partial charge in [-0.25, -0.2) is 4.98 Å². The molecule has 0 saturated carbocycles. The second-order valence-electron chi connectivity index (χ2n) is 4.57. The maximum atomic E-state index is 12.5. The van der Waals surface area contributed by atoms with Crippen molar-refractivity contribution in [2.24, 2.45) is 5.92 Å². The van der Waals surface area contributed by atoms with Gasteiger partial charge >= 0.3 is 6.18 Å². The third-order valence-corrected chi connectivity index (χ3v) is 3.08. The van der Waals surface area contributed by atoms with Gasteiger partial charge in [-0.05, 0) is 38.8 Å². The van der Waals surface area contributed by atoms with Gasteiger partial charge in [-0.3, -0.25) is 0 Å². The van der Waals surface area contributed by atoms with Gasteiger partial charge in [0.2, 0.25) is 0 Å². The van der Waals surface area contributed by atoms with Crippen molar-refractivity contribution < 1.29 is 13.2 Å². The minimum absolute atomic E-state index is 0.108. The Morgan fingerprint density at radius 1 is 1.41 bits per heavy atom. The first-order valence-corrected chi connectivity index (χ1v) is 5.80. The molecule has 2 heterocycles. The van der Waals surface area contributed by atoms with Crippen LogP contribution in [-0.2, 0) is 12.6 Å². The number of hydrogen-bond donors (Lipinski definition) is 2. The summed E-state index contributed by atoms with van der Waals surface area (Å²) in [6.07, 6.45) is -1.64. The first-order valence-electron chi connectivity index (χ1n) is 5.80. The summed E-state index contributed by atoms with van der Waals surface area (Å²) in [6.45, 7) is 3.28. The molecule has 0 amide bonds. The molecular formula is C11H16F3N3. The standard InChI is InChI=1S/C11H16F3N3/c1-7-10(11(12,13)14)17-9(16-7)5-8-3-2-4-15-6-8/h8,15H,2-6H2,1H3,(H,16,17). The Morgan fingerprint density at radius 3 is 2.71 bits per heavy atom. The molecule has 1 aromatic rings. The highest BCUT2D eigenvalue weighted by Crippen LogP contribution is 2.30. The molecular weight excluding hydrogens is 231 g/mol. The lowest BCUT2D eigenvalue weighted by Crippen LogP contribution is -2.31. The molecule has 0 aromatic carbocycles. The van der Waals surface area contributed by atoms with E-state index in [0.29, 0.717) is 18.2 Å². The number of H-pyrrole nitrogens is 1. The van der Waals surface area contributed by atoms with E-state index >= 15 is 0 Å². The van der Waals surface area contributed by atoms with E-state index in [1.165, 1.54) is 6.92 Å². The summed E-state index contributed by atoms with van der Waals surface area (Å²) >= 11 is 0. The highest BCUT2D eigenvalue weighted by molar-refractivity contribution is 5.16. The van der Waals surface area contributed by atoms with Crippen molar-refractivity contribution in [3.8, 4) is 0 Å². The fraction of sp³-hybridized carbons (Fsp3) is 0.727. The van der Waals surface area contributed by atoms with Gasteiger partial charge in [-0.2, -0.15) is 13.2 Å². The summed E-state index contributed by atoms with van der Waals surface area (Å²) in [4.78, 5) is 6.41. The van der Waals surface area contributed by atoms with E-state index in [9.17, 15) is 13.2 Å². The summed E-state index contributed by atoms with van der Waals surface area (Å²) in [7, 11) is 0. The average molecular weight is 247 g/mol. The number of aromatic amines is 1. The van der Waals surface area contributed by atoms with Crippen molar-refractivity contribution in [1.82, 2.24) is 15.3 Å². The average Bonchev–Trinajstić information content (AvgIpc) is 2.60. The van der Waals surface area contributed by atoms with Crippen LogP contribution < -0.4 is 5.32 Å². The summed E-state index contributed by atoms with van der Waals surface area (Å²) in [5.41, 5.74) is -0.674. The zero-order valence-corrected chi connectivity index (χ0v) is 9.69. The summed E-state index contributed by atoms with van der Waals surface area (Å²) in [5.74, 6) is 0.832. The zero-order valence-electron chi connectivity index (χ0n) is 9.69. The molecule has 1 saturated heterocycles. The molecule has 96 valence electrons. The Morgan fingerprint density at radius 2 is 2.18 bits per heavy atom. The summed E-state index contributed by atoms with van der Waals surface area (Å²) in [6, 6.07) is 0. The highest BCUT2D eigenvalue weighted by Gasteiger charge is 2.36. The summed E-state index contributed by atoms with van der Waals surface area (Å²) in [5, 5.41) is 3.24. The maximum absolute atomic E-state index is 12.5. The molecule has 1 unspecified atom stereocenters. The molecule has 1 aliphatic heterocycles. The van der Waals surface area contributed by atoms with Crippen LogP contribution in [0.2, 0.25) is 0 Å². The Bertz CT molecular complexity index is 378. The molecule has 3 nitrogen and oxygen atoms in total. The Balaban J connectivity index is 2.06. The second-order valence-corrected chi connectivity index (χ2v) is 4.57. The van der Waals surface area contributed by atoms with Crippen molar-refractivity contribution in [3.63, 3.8) is 0 Å². The maximum Gasteiger partial charge on any atom is 0.435 e. The van der Waals surface area contributed by atoms with E-state index in [1.807, 2.05) is 0 Å². The van der Waals surface area contributed by atoms with Crippen molar-refractivity contribution in [1.29, 1.82) is 0 Å². The normalized spacial score (nSPS) is 21.8.